The Balaban J connectivity index is 2.64. The van der Waals surface area contributed by atoms with Gasteiger partial charge in [0.1, 0.15) is 15.3 Å². The molecule has 2 heterocycles. The minimum absolute atomic E-state index is 0.154. The lowest BCUT2D eigenvalue weighted by atomic mass is 10.2. The summed E-state index contributed by atoms with van der Waals surface area (Å²) in [5.41, 5.74) is -0.409. The monoisotopic (exact) mass is 378 g/mol. The molecule has 132 valence electrons. The second-order valence-electron chi connectivity index (χ2n) is 5.41. The van der Waals surface area contributed by atoms with Crippen LogP contribution in [0.4, 0.5) is 5.13 Å². The van der Waals surface area contributed by atoms with Crippen LogP contribution in [-0.4, -0.2) is 22.1 Å². The first-order valence-corrected chi connectivity index (χ1v) is 9.34. The molecule has 0 aromatic carbocycles. The van der Waals surface area contributed by atoms with E-state index in [9.17, 15) is 14.9 Å². The highest BCUT2D eigenvalue weighted by molar-refractivity contribution is 7.13. The third-order valence-corrected chi connectivity index (χ3v) is 4.85. The molecular weight excluding hydrogens is 360 g/mol. The zero-order valence-electron chi connectivity index (χ0n) is 14.1. The highest BCUT2D eigenvalue weighted by Crippen LogP contribution is 2.09. The minimum Gasteiger partial charge on any atom is -0.462 e. The number of nitrogens with one attached hydrogen (secondary N) is 1. The van der Waals surface area contributed by atoms with Gasteiger partial charge in [0.05, 0.1) is 6.61 Å². The first-order valence-electron chi connectivity index (χ1n) is 7.65. The number of hydrogen-bond donors (Lipinski definition) is 1. The number of esters is 1. The molecule has 0 unspecified atom stereocenters. The predicted molar refractivity (Wildman–Crippen MR) is 98.5 cm³/mol. The molecule has 2 aromatic heterocycles. The van der Waals surface area contributed by atoms with E-state index in [2.05, 4.69) is 10.3 Å². The van der Waals surface area contributed by atoms with Crippen LogP contribution in [0.2, 0.25) is 0 Å². The number of nitrogens with zero attached hydrogens (tertiary/aromatic N) is 3. The Morgan fingerprint density at radius 2 is 2.32 bits per heavy atom. The Morgan fingerprint density at radius 3 is 2.88 bits per heavy atom. The Labute approximate surface area is 152 Å². The largest absolute Gasteiger partial charge is 0.462 e. The summed E-state index contributed by atoms with van der Waals surface area (Å²) in [6.45, 7) is 6.15. The molecule has 0 spiro atoms. The summed E-state index contributed by atoms with van der Waals surface area (Å²) in [5, 5.41) is 14.8. The van der Waals surface area contributed by atoms with Crippen molar-refractivity contribution in [2.75, 3.05) is 11.9 Å². The Kier molecular flexibility index (Phi) is 6.50. The summed E-state index contributed by atoms with van der Waals surface area (Å²) in [6, 6.07) is 1.88. The fraction of sp³-hybridized carbons (Fsp3) is 0.375. The SMILES string of the molecule is CCOC(=O)/C(C#N)=c1\s/c(=C\Nc2nccs2)c(=O)n1CC(C)C. The molecule has 0 atom stereocenters. The van der Waals surface area contributed by atoms with E-state index in [1.165, 1.54) is 15.9 Å². The van der Waals surface area contributed by atoms with Crippen LogP contribution in [0.25, 0.3) is 11.8 Å². The molecule has 0 aliphatic carbocycles. The van der Waals surface area contributed by atoms with Crippen LogP contribution in [0, 0.1) is 17.2 Å². The number of nitriles is 1. The van der Waals surface area contributed by atoms with E-state index in [0.717, 1.165) is 11.3 Å². The number of ether oxygens (including phenoxy) is 1. The normalized spacial score (nSPS) is 12.8. The summed E-state index contributed by atoms with van der Waals surface area (Å²) in [7, 11) is 0. The maximum Gasteiger partial charge on any atom is 0.351 e. The first kappa shape index (κ1) is 18.9. The van der Waals surface area contributed by atoms with Gasteiger partial charge >= 0.3 is 5.97 Å². The molecular formula is C16H18N4O3S2. The third-order valence-electron chi connectivity index (χ3n) is 3.02. The van der Waals surface area contributed by atoms with Gasteiger partial charge in [-0.3, -0.25) is 9.36 Å². The molecule has 0 saturated heterocycles. The van der Waals surface area contributed by atoms with E-state index in [-0.39, 0.29) is 23.7 Å². The van der Waals surface area contributed by atoms with Crippen molar-refractivity contribution in [3.05, 3.63) is 31.1 Å². The molecule has 1 N–H and O–H groups in total. The van der Waals surface area contributed by atoms with Gasteiger partial charge in [0.2, 0.25) is 0 Å². The molecule has 25 heavy (non-hydrogen) atoms. The Bertz CT molecular complexity index is 949. The van der Waals surface area contributed by atoms with Gasteiger partial charge in [-0.25, -0.2) is 9.78 Å². The number of aromatic nitrogens is 2. The van der Waals surface area contributed by atoms with Gasteiger partial charge in [0.25, 0.3) is 5.56 Å². The fourth-order valence-electron chi connectivity index (χ4n) is 2.04. The first-order chi connectivity index (χ1) is 12.0. The summed E-state index contributed by atoms with van der Waals surface area (Å²) in [5.74, 6) is -0.545. The average molecular weight is 378 g/mol. The van der Waals surface area contributed by atoms with E-state index in [4.69, 9.17) is 4.74 Å². The number of hydrogen-bond acceptors (Lipinski definition) is 8. The highest BCUT2D eigenvalue weighted by atomic mass is 32.1. The van der Waals surface area contributed by atoms with Gasteiger partial charge in [0, 0.05) is 24.3 Å². The molecule has 0 bridgehead atoms. The molecule has 9 heteroatoms. The van der Waals surface area contributed by atoms with Gasteiger partial charge in [-0.2, -0.15) is 5.26 Å². The molecule has 0 fully saturated rings. The van der Waals surface area contributed by atoms with E-state index in [1.807, 2.05) is 25.3 Å². The van der Waals surface area contributed by atoms with Crippen LogP contribution in [0.1, 0.15) is 20.8 Å². The lowest BCUT2D eigenvalue weighted by Crippen LogP contribution is -2.34. The molecule has 7 nitrogen and oxygen atoms in total. The number of carbonyl (C=O) groups excluding carboxylic acids is 1. The van der Waals surface area contributed by atoms with Crippen molar-refractivity contribution in [2.24, 2.45) is 5.92 Å². The Morgan fingerprint density at radius 1 is 1.56 bits per heavy atom. The van der Waals surface area contributed by atoms with Gasteiger partial charge in [-0.05, 0) is 12.8 Å². The van der Waals surface area contributed by atoms with Crippen molar-refractivity contribution < 1.29 is 9.53 Å². The highest BCUT2D eigenvalue weighted by Gasteiger charge is 2.17. The van der Waals surface area contributed by atoms with Gasteiger partial charge < -0.3 is 10.1 Å². The van der Waals surface area contributed by atoms with Crippen LogP contribution < -0.4 is 20.1 Å². The number of rotatable bonds is 6. The average Bonchev–Trinajstić information content (AvgIpc) is 3.17. The molecule has 2 rings (SSSR count). The van der Waals surface area contributed by atoms with Crippen molar-refractivity contribution in [3.8, 4) is 6.07 Å². The smallest absolute Gasteiger partial charge is 0.351 e. The van der Waals surface area contributed by atoms with Crippen LogP contribution in [0.5, 0.6) is 0 Å². The maximum absolute atomic E-state index is 12.7. The van der Waals surface area contributed by atoms with Crippen LogP contribution in [-0.2, 0) is 16.1 Å². The lowest BCUT2D eigenvalue weighted by molar-refractivity contribution is -0.136. The van der Waals surface area contributed by atoms with Crippen LogP contribution in [0.15, 0.2) is 16.4 Å². The summed E-state index contributed by atoms with van der Waals surface area (Å²) in [6.07, 6.45) is 3.20. The molecule has 0 aliphatic rings. The zero-order valence-corrected chi connectivity index (χ0v) is 15.7. The lowest BCUT2D eigenvalue weighted by Gasteiger charge is -2.06. The predicted octanol–water partition coefficient (Wildman–Crippen LogP) is 1.11. The van der Waals surface area contributed by atoms with Gasteiger partial charge in [-0.1, -0.05) is 13.8 Å². The van der Waals surface area contributed by atoms with E-state index < -0.39 is 5.97 Å². The topological polar surface area (TPSA) is 97.0 Å². The van der Waals surface area contributed by atoms with Crippen molar-refractivity contribution in [2.45, 2.75) is 27.3 Å². The summed E-state index contributed by atoms with van der Waals surface area (Å²) in [4.78, 5) is 28.8. The molecule has 0 saturated carbocycles. The van der Waals surface area contributed by atoms with Gasteiger partial charge in [0.15, 0.2) is 10.7 Å². The van der Waals surface area contributed by atoms with Crippen molar-refractivity contribution in [1.82, 2.24) is 9.55 Å². The molecule has 2 aromatic rings. The van der Waals surface area contributed by atoms with Crippen molar-refractivity contribution in [1.29, 1.82) is 5.26 Å². The second-order valence-corrected chi connectivity index (χ2v) is 7.34. The fourth-order valence-corrected chi connectivity index (χ4v) is 3.56. The number of anilines is 1. The molecule has 0 radical (unpaired) electrons. The maximum atomic E-state index is 12.7. The zero-order chi connectivity index (χ0) is 18.4. The van der Waals surface area contributed by atoms with Crippen LogP contribution >= 0.6 is 22.7 Å². The molecule has 0 aliphatic heterocycles. The minimum atomic E-state index is -0.719. The number of carbonyl (C=O) groups is 1. The summed E-state index contributed by atoms with van der Waals surface area (Å²) >= 11 is 2.49. The molecule has 0 amide bonds. The Hall–Kier alpha value is -2.44. The summed E-state index contributed by atoms with van der Waals surface area (Å²) < 4.78 is 7.10. The third kappa shape index (κ3) is 4.55. The second kappa shape index (κ2) is 8.60. The van der Waals surface area contributed by atoms with E-state index >= 15 is 0 Å². The standard InChI is InChI=1S/C16H18N4O3S2/c1-4-23-15(22)11(7-17)14-20(9-10(2)3)13(21)12(25-14)8-19-16-18-5-6-24-16/h5-6,8,10H,4,9H2,1-3H3,(H,18,19)/b12-8-,14-11-. The van der Waals surface area contributed by atoms with E-state index in [0.29, 0.717) is 20.9 Å². The quantitative estimate of drug-likeness (QED) is 0.757. The van der Waals surface area contributed by atoms with Crippen molar-refractivity contribution in [3.63, 3.8) is 0 Å². The van der Waals surface area contributed by atoms with Crippen LogP contribution in [0.3, 0.4) is 0 Å². The number of thiazole rings is 2. The van der Waals surface area contributed by atoms with E-state index in [1.54, 1.807) is 19.3 Å². The van der Waals surface area contributed by atoms with Gasteiger partial charge in [-0.15, -0.1) is 22.7 Å². The van der Waals surface area contributed by atoms with Crippen molar-refractivity contribution >= 4 is 45.5 Å².